The van der Waals surface area contributed by atoms with Crippen molar-refractivity contribution in [3.05, 3.63) is 82.9 Å². The molecule has 0 aromatic heterocycles. The Labute approximate surface area is 229 Å². The highest BCUT2D eigenvalue weighted by Gasteiger charge is 2.58. The number of nitrogens with one attached hydrogen (secondary N) is 2. The Morgan fingerprint density at radius 1 is 1.08 bits per heavy atom. The maximum atomic E-state index is 14.0. The van der Waals surface area contributed by atoms with Crippen LogP contribution in [-0.4, -0.2) is 42.4 Å². The van der Waals surface area contributed by atoms with E-state index in [4.69, 9.17) is 26.4 Å². The van der Waals surface area contributed by atoms with Crippen LogP contribution in [0.3, 0.4) is 0 Å². The number of nitrogens with zero attached hydrogens (tertiary/aromatic N) is 1. The molecule has 5 rings (SSSR count). The van der Waals surface area contributed by atoms with E-state index in [1.165, 1.54) is 0 Å². The van der Waals surface area contributed by atoms with Crippen LogP contribution >= 0.6 is 12.2 Å². The Morgan fingerprint density at radius 3 is 2.58 bits per heavy atom. The number of fused-ring (bicyclic) bond motifs is 4. The standard InChI is InChI=1S/C30H33N3O4S/c1-18-10-12-22(19(2)16-18)31-28(34)26-27-21-8-6-7-9-23(21)37-30(26,3)33(29(38)32-27)15-14-20-11-13-24(35-4)25(17-20)36-5/h6-13,16-17,26-27H,14-15H2,1-5H3,(H,31,34)(H,32,38)/t26-,27-,30-/m0/s1. The number of para-hydroxylation sites is 1. The number of carbonyl (C=O) groups excluding carboxylic acids is 1. The molecule has 0 radical (unpaired) electrons. The van der Waals surface area contributed by atoms with Crippen LogP contribution in [0.5, 0.6) is 17.2 Å². The van der Waals surface area contributed by atoms with Crippen molar-refractivity contribution >= 4 is 28.9 Å². The fourth-order valence-corrected chi connectivity index (χ4v) is 5.96. The summed E-state index contributed by atoms with van der Waals surface area (Å²) in [6.45, 7) is 6.54. The molecule has 3 aromatic carbocycles. The molecule has 1 amide bonds. The molecule has 2 bridgehead atoms. The van der Waals surface area contributed by atoms with Crippen molar-refractivity contribution in [2.24, 2.45) is 5.92 Å². The molecule has 7 nitrogen and oxygen atoms in total. The lowest BCUT2D eigenvalue weighted by Gasteiger charge is -2.56. The zero-order chi connectivity index (χ0) is 27.0. The minimum Gasteiger partial charge on any atom is -0.493 e. The van der Waals surface area contributed by atoms with Crippen molar-refractivity contribution in [2.45, 2.75) is 39.0 Å². The number of methoxy groups -OCH3 is 2. The quantitative estimate of drug-likeness (QED) is 0.408. The Bertz CT molecular complexity index is 1390. The average molecular weight is 532 g/mol. The molecule has 2 aliphatic heterocycles. The molecule has 0 aliphatic carbocycles. The average Bonchev–Trinajstić information content (AvgIpc) is 2.89. The summed E-state index contributed by atoms with van der Waals surface area (Å²) in [4.78, 5) is 16.0. The molecule has 0 saturated carbocycles. The van der Waals surface area contributed by atoms with Gasteiger partial charge in [0.1, 0.15) is 11.7 Å². The van der Waals surface area contributed by atoms with E-state index in [0.29, 0.717) is 29.6 Å². The lowest BCUT2D eigenvalue weighted by Crippen LogP contribution is -2.71. The van der Waals surface area contributed by atoms with Gasteiger partial charge in [-0.3, -0.25) is 4.79 Å². The molecule has 38 heavy (non-hydrogen) atoms. The van der Waals surface area contributed by atoms with Crippen molar-refractivity contribution < 1.29 is 19.0 Å². The monoisotopic (exact) mass is 531 g/mol. The van der Waals surface area contributed by atoms with Gasteiger partial charge in [-0.05, 0) is 74.8 Å². The van der Waals surface area contributed by atoms with Crippen molar-refractivity contribution in [3.8, 4) is 17.2 Å². The van der Waals surface area contributed by atoms with Crippen LogP contribution in [0.15, 0.2) is 60.7 Å². The van der Waals surface area contributed by atoms with Gasteiger partial charge >= 0.3 is 0 Å². The number of carbonyl (C=O) groups is 1. The van der Waals surface area contributed by atoms with Crippen LogP contribution < -0.4 is 24.8 Å². The Balaban J connectivity index is 1.48. The molecule has 2 aliphatic rings. The Morgan fingerprint density at radius 2 is 1.84 bits per heavy atom. The van der Waals surface area contributed by atoms with Crippen molar-refractivity contribution in [1.82, 2.24) is 10.2 Å². The third-order valence-corrected chi connectivity index (χ3v) is 7.87. The van der Waals surface area contributed by atoms with E-state index in [1.807, 2.05) is 80.3 Å². The molecule has 3 aromatic rings. The summed E-state index contributed by atoms with van der Waals surface area (Å²) in [5, 5.41) is 7.20. The molecular formula is C30H33N3O4S. The van der Waals surface area contributed by atoms with Gasteiger partial charge in [-0.1, -0.05) is 42.0 Å². The number of amides is 1. The van der Waals surface area contributed by atoms with Gasteiger partial charge in [0.2, 0.25) is 5.91 Å². The fraction of sp³-hybridized carbons (Fsp3) is 0.333. The van der Waals surface area contributed by atoms with Gasteiger partial charge in [-0.25, -0.2) is 0 Å². The fourth-order valence-electron chi connectivity index (χ4n) is 5.56. The predicted molar refractivity (Wildman–Crippen MR) is 152 cm³/mol. The van der Waals surface area contributed by atoms with Crippen LogP contribution in [-0.2, 0) is 11.2 Å². The van der Waals surface area contributed by atoms with E-state index in [2.05, 4.69) is 16.7 Å². The second-order valence-electron chi connectivity index (χ2n) is 10.00. The second kappa shape index (κ2) is 10.2. The normalized spacial score (nSPS) is 21.6. The van der Waals surface area contributed by atoms with Crippen LogP contribution in [0.2, 0.25) is 0 Å². The Hall–Kier alpha value is -3.78. The first-order valence-corrected chi connectivity index (χ1v) is 13.1. The molecule has 1 saturated heterocycles. The second-order valence-corrected chi connectivity index (χ2v) is 10.4. The summed E-state index contributed by atoms with van der Waals surface area (Å²) in [5.41, 5.74) is 3.93. The molecule has 8 heteroatoms. The summed E-state index contributed by atoms with van der Waals surface area (Å²) < 4.78 is 17.5. The van der Waals surface area contributed by atoms with E-state index in [9.17, 15) is 4.79 Å². The summed E-state index contributed by atoms with van der Waals surface area (Å²) >= 11 is 5.85. The number of ether oxygens (including phenoxy) is 3. The number of hydrogen-bond donors (Lipinski definition) is 2. The molecule has 1 fully saturated rings. The Kier molecular flexibility index (Phi) is 6.92. The smallest absolute Gasteiger partial charge is 0.236 e. The van der Waals surface area contributed by atoms with Gasteiger partial charge in [0.05, 0.1) is 20.3 Å². The molecule has 0 spiro atoms. The lowest BCUT2D eigenvalue weighted by atomic mass is 9.78. The summed E-state index contributed by atoms with van der Waals surface area (Å²) in [5.74, 6) is 1.42. The van der Waals surface area contributed by atoms with E-state index >= 15 is 0 Å². The van der Waals surface area contributed by atoms with Gasteiger partial charge in [-0.15, -0.1) is 0 Å². The van der Waals surface area contributed by atoms with Gasteiger partial charge in [0.25, 0.3) is 0 Å². The van der Waals surface area contributed by atoms with Gasteiger partial charge < -0.3 is 29.7 Å². The van der Waals surface area contributed by atoms with Crippen molar-refractivity contribution in [2.75, 3.05) is 26.1 Å². The van der Waals surface area contributed by atoms with E-state index in [-0.39, 0.29) is 11.9 Å². The zero-order valence-corrected chi connectivity index (χ0v) is 23.1. The summed E-state index contributed by atoms with van der Waals surface area (Å²) in [6, 6.07) is 19.4. The van der Waals surface area contributed by atoms with Gasteiger partial charge in [0, 0.05) is 17.8 Å². The molecule has 198 valence electrons. The number of rotatable bonds is 7. The predicted octanol–water partition coefficient (Wildman–Crippen LogP) is 5.16. The number of aryl methyl sites for hydroxylation is 2. The van der Waals surface area contributed by atoms with Crippen LogP contribution in [0.4, 0.5) is 5.69 Å². The summed E-state index contributed by atoms with van der Waals surface area (Å²) in [6.07, 6.45) is 0.666. The number of hydrogen-bond acceptors (Lipinski definition) is 5. The number of thiocarbonyl (C=S) groups is 1. The lowest BCUT2D eigenvalue weighted by molar-refractivity contribution is -0.149. The number of benzene rings is 3. The minimum absolute atomic E-state index is 0.120. The molecule has 0 unspecified atom stereocenters. The van der Waals surface area contributed by atoms with Crippen LogP contribution in [0.25, 0.3) is 0 Å². The van der Waals surface area contributed by atoms with E-state index < -0.39 is 11.6 Å². The third kappa shape index (κ3) is 4.53. The van der Waals surface area contributed by atoms with Crippen molar-refractivity contribution in [3.63, 3.8) is 0 Å². The third-order valence-electron chi connectivity index (χ3n) is 7.54. The van der Waals surface area contributed by atoms with Crippen LogP contribution in [0.1, 0.15) is 35.2 Å². The highest BCUT2D eigenvalue weighted by Crippen LogP contribution is 2.48. The zero-order valence-electron chi connectivity index (χ0n) is 22.3. The number of anilines is 1. The first-order valence-electron chi connectivity index (χ1n) is 12.7. The van der Waals surface area contributed by atoms with Crippen LogP contribution in [0, 0.1) is 19.8 Å². The molecule has 2 N–H and O–H groups in total. The van der Waals surface area contributed by atoms with E-state index in [0.717, 1.165) is 33.7 Å². The molecular weight excluding hydrogens is 498 g/mol. The van der Waals surface area contributed by atoms with Gasteiger partial charge in [0.15, 0.2) is 22.3 Å². The maximum Gasteiger partial charge on any atom is 0.236 e. The largest absolute Gasteiger partial charge is 0.493 e. The highest BCUT2D eigenvalue weighted by atomic mass is 32.1. The molecule has 2 heterocycles. The van der Waals surface area contributed by atoms with E-state index in [1.54, 1.807) is 14.2 Å². The minimum atomic E-state index is -0.999. The van der Waals surface area contributed by atoms with Crippen molar-refractivity contribution in [1.29, 1.82) is 0 Å². The first-order chi connectivity index (χ1) is 18.2. The first kappa shape index (κ1) is 25.9. The maximum absolute atomic E-state index is 14.0. The molecule has 3 atom stereocenters. The summed E-state index contributed by atoms with van der Waals surface area (Å²) in [7, 11) is 3.24. The topological polar surface area (TPSA) is 72.1 Å². The SMILES string of the molecule is COc1ccc(CCN2C(=S)N[C@H]3c4ccccc4O[C@@]2(C)[C@@H]3C(=O)Nc2ccc(C)cc2C)cc1OC. The highest BCUT2D eigenvalue weighted by molar-refractivity contribution is 7.80. The van der Waals surface area contributed by atoms with Gasteiger partial charge in [-0.2, -0.15) is 0 Å².